The number of hydrogen-bond donors (Lipinski definition) is 0. The Morgan fingerprint density at radius 2 is 1.73 bits per heavy atom. The molecule has 4 nitrogen and oxygen atoms in total. The van der Waals surface area contributed by atoms with Crippen LogP contribution in [0.25, 0.3) is 0 Å². The van der Waals surface area contributed by atoms with E-state index in [0.717, 1.165) is 25.2 Å². The summed E-state index contributed by atoms with van der Waals surface area (Å²) in [5.74, 6) is 3.02. The topological polar surface area (TPSA) is 52.6 Å². The summed E-state index contributed by atoms with van der Waals surface area (Å²) in [6, 6.07) is 0. The third-order valence-electron chi connectivity index (χ3n) is 10.9. The minimum absolute atomic E-state index is 0.137. The molecule has 0 aromatic heterocycles. The summed E-state index contributed by atoms with van der Waals surface area (Å²) in [4.78, 5) is 23.9. The number of carbonyl (C=O) groups is 2. The Bertz CT molecular complexity index is 957. The number of esters is 2. The van der Waals surface area contributed by atoms with Crippen LogP contribution in [-0.2, 0) is 19.1 Å². The highest BCUT2D eigenvalue weighted by Gasteiger charge is 2.57. The maximum absolute atomic E-state index is 12.3. The molecule has 0 aromatic rings. The molecule has 0 spiro atoms. The van der Waals surface area contributed by atoms with Crippen molar-refractivity contribution in [1.29, 1.82) is 0 Å². The van der Waals surface area contributed by atoms with Gasteiger partial charge in [-0.05, 0) is 91.8 Å². The zero-order valence-corrected chi connectivity index (χ0v) is 24.3. The van der Waals surface area contributed by atoms with Crippen LogP contribution in [-0.4, -0.2) is 24.6 Å². The molecule has 0 N–H and O–H groups in total. The maximum Gasteiger partial charge on any atom is 0.317 e. The Morgan fingerprint density at radius 3 is 2.43 bits per heavy atom. The van der Waals surface area contributed by atoms with Gasteiger partial charge in [-0.3, -0.25) is 9.59 Å². The van der Waals surface area contributed by atoms with Crippen LogP contribution in [0.4, 0.5) is 0 Å². The third-order valence-corrected chi connectivity index (χ3v) is 10.9. The fraction of sp³-hybridized carbons (Fsp3) is 0.758. The molecular weight excluding hydrogens is 460 g/mol. The normalized spacial score (nSPS) is 36.6. The van der Waals surface area contributed by atoms with Crippen LogP contribution in [0.1, 0.15) is 99.8 Å². The smallest absolute Gasteiger partial charge is 0.317 e. The first kappa shape index (κ1) is 28.2. The van der Waals surface area contributed by atoms with E-state index in [-0.39, 0.29) is 24.5 Å². The van der Waals surface area contributed by atoms with Crippen molar-refractivity contribution in [3.05, 3.63) is 35.5 Å². The molecule has 4 rings (SSSR count). The molecule has 0 aromatic carbocycles. The highest BCUT2D eigenvalue weighted by atomic mass is 16.6. The molecule has 0 heterocycles. The summed E-state index contributed by atoms with van der Waals surface area (Å²) < 4.78 is 10.6. The number of fused-ring (bicyclic) bond motifs is 5. The number of rotatable bonds is 8. The van der Waals surface area contributed by atoms with Crippen LogP contribution >= 0.6 is 0 Å². The first-order valence-corrected chi connectivity index (χ1v) is 14.9. The molecule has 37 heavy (non-hydrogen) atoms. The predicted octanol–water partition coefficient (Wildman–Crippen LogP) is 7.83. The molecule has 4 aliphatic carbocycles. The van der Waals surface area contributed by atoms with Gasteiger partial charge in [0.05, 0.1) is 6.61 Å². The molecule has 0 unspecified atom stereocenters. The molecule has 206 valence electrons. The predicted molar refractivity (Wildman–Crippen MR) is 149 cm³/mol. The molecule has 0 radical (unpaired) electrons. The van der Waals surface area contributed by atoms with Gasteiger partial charge in [-0.25, -0.2) is 0 Å². The minimum Gasteiger partial charge on any atom is -0.466 e. The molecule has 3 saturated carbocycles. The second-order valence-corrected chi connectivity index (χ2v) is 13.3. The van der Waals surface area contributed by atoms with Crippen LogP contribution in [0, 0.1) is 46.3 Å². The fourth-order valence-electron chi connectivity index (χ4n) is 8.24. The van der Waals surface area contributed by atoms with E-state index in [2.05, 4.69) is 65.8 Å². The van der Waals surface area contributed by atoms with E-state index in [1.165, 1.54) is 31.3 Å². The van der Waals surface area contributed by atoms with Gasteiger partial charge >= 0.3 is 11.9 Å². The van der Waals surface area contributed by atoms with Crippen molar-refractivity contribution in [3.8, 4) is 0 Å². The molecule has 0 aliphatic heterocycles. The molecule has 0 saturated heterocycles. The minimum atomic E-state index is -0.503. The van der Waals surface area contributed by atoms with Gasteiger partial charge < -0.3 is 9.47 Å². The lowest BCUT2D eigenvalue weighted by Crippen LogP contribution is -2.46. The van der Waals surface area contributed by atoms with Crippen LogP contribution in [0.5, 0.6) is 0 Å². The Morgan fingerprint density at radius 1 is 0.973 bits per heavy atom. The molecule has 8 atom stereocenters. The highest BCUT2D eigenvalue weighted by molar-refractivity contribution is 5.91. The molecule has 0 amide bonds. The lowest BCUT2D eigenvalue weighted by molar-refractivity contribution is -0.158. The SMILES string of the molecule is CCOC(=O)CC(=O)O[C@H]1CC[C@@]2(C)C(=CC=C3[C@@H]4CC[C@H]([C@H](C)/C=C/[C@H](C)C(C)C)[C@@]4(C)CC[C@@H]32)C1. The molecule has 3 fully saturated rings. The van der Waals surface area contributed by atoms with E-state index in [4.69, 9.17) is 9.47 Å². The van der Waals surface area contributed by atoms with E-state index in [0.29, 0.717) is 35.0 Å². The number of hydrogen-bond acceptors (Lipinski definition) is 4. The van der Waals surface area contributed by atoms with E-state index in [1.54, 1.807) is 12.5 Å². The monoisotopic (exact) mass is 510 g/mol. The average Bonchev–Trinajstić information content (AvgIpc) is 3.19. The van der Waals surface area contributed by atoms with Crippen molar-refractivity contribution in [2.24, 2.45) is 46.3 Å². The van der Waals surface area contributed by atoms with Gasteiger partial charge in [-0.15, -0.1) is 0 Å². The van der Waals surface area contributed by atoms with Crippen LogP contribution in [0.15, 0.2) is 35.5 Å². The van der Waals surface area contributed by atoms with Gasteiger partial charge in [0.1, 0.15) is 12.5 Å². The summed E-state index contributed by atoms with van der Waals surface area (Å²) in [5, 5.41) is 0. The van der Waals surface area contributed by atoms with Crippen molar-refractivity contribution in [1.82, 2.24) is 0 Å². The van der Waals surface area contributed by atoms with Gasteiger partial charge in [-0.2, -0.15) is 0 Å². The van der Waals surface area contributed by atoms with Crippen molar-refractivity contribution in [3.63, 3.8) is 0 Å². The second kappa shape index (κ2) is 11.1. The number of allylic oxidation sites excluding steroid dienone is 5. The number of carbonyl (C=O) groups excluding carboxylic acids is 2. The summed E-state index contributed by atoms with van der Waals surface area (Å²) >= 11 is 0. The van der Waals surface area contributed by atoms with Crippen molar-refractivity contribution in [2.45, 2.75) is 106 Å². The van der Waals surface area contributed by atoms with Crippen molar-refractivity contribution in [2.75, 3.05) is 6.61 Å². The van der Waals surface area contributed by atoms with E-state index >= 15 is 0 Å². The van der Waals surface area contributed by atoms with Gasteiger partial charge in [0, 0.05) is 6.42 Å². The summed E-state index contributed by atoms with van der Waals surface area (Å²) in [5.41, 5.74) is 3.67. The van der Waals surface area contributed by atoms with Gasteiger partial charge in [0.2, 0.25) is 0 Å². The van der Waals surface area contributed by atoms with Crippen molar-refractivity contribution < 1.29 is 19.1 Å². The molecule has 0 bridgehead atoms. The second-order valence-electron chi connectivity index (χ2n) is 13.3. The van der Waals surface area contributed by atoms with Crippen molar-refractivity contribution >= 4 is 11.9 Å². The van der Waals surface area contributed by atoms with Gasteiger partial charge in [0.15, 0.2) is 0 Å². The summed E-state index contributed by atoms with van der Waals surface area (Å²) in [6.45, 7) is 16.5. The standard InChI is InChI=1S/C33H50O4/c1-8-36-30(34)20-31(35)37-25-15-17-32(6)24(19-25)11-12-26-28-14-13-27(33(28,7)18-16-29(26)32)23(5)10-9-22(4)21(2)3/h9-12,21-23,25,27-29H,8,13-20H2,1-7H3/b10-9+/t22-,23+,25-,27+,28-,29-,32-,33+/m0/s1. The quantitative estimate of drug-likeness (QED) is 0.190. The first-order valence-electron chi connectivity index (χ1n) is 14.9. The van der Waals surface area contributed by atoms with E-state index in [1.807, 2.05) is 0 Å². The van der Waals surface area contributed by atoms with Crippen LogP contribution in [0.2, 0.25) is 0 Å². The molecular formula is C33H50O4. The zero-order chi connectivity index (χ0) is 27.0. The van der Waals surface area contributed by atoms with Crippen LogP contribution < -0.4 is 0 Å². The van der Waals surface area contributed by atoms with Crippen LogP contribution in [0.3, 0.4) is 0 Å². The van der Waals surface area contributed by atoms with Gasteiger partial charge in [-0.1, -0.05) is 77.0 Å². The lowest BCUT2D eigenvalue weighted by atomic mass is 9.50. The Hall–Kier alpha value is -1.84. The summed E-state index contributed by atoms with van der Waals surface area (Å²) in [7, 11) is 0. The zero-order valence-electron chi connectivity index (χ0n) is 24.3. The Labute approximate surface area is 225 Å². The Kier molecular flexibility index (Phi) is 8.46. The Balaban J connectivity index is 1.46. The first-order chi connectivity index (χ1) is 17.5. The average molecular weight is 511 g/mol. The van der Waals surface area contributed by atoms with E-state index in [9.17, 15) is 9.59 Å². The largest absolute Gasteiger partial charge is 0.466 e. The van der Waals surface area contributed by atoms with Gasteiger partial charge in [0.25, 0.3) is 0 Å². The fourth-order valence-corrected chi connectivity index (χ4v) is 8.24. The van der Waals surface area contributed by atoms with E-state index < -0.39 is 11.9 Å². The lowest BCUT2D eigenvalue weighted by Gasteiger charge is -2.55. The maximum atomic E-state index is 12.3. The molecule has 4 aliphatic rings. The highest BCUT2D eigenvalue weighted by Crippen LogP contribution is 2.66. The molecule has 4 heteroatoms. The number of ether oxygens (including phenoxy) is 2. The summed E-state index contributed by atoms with van der Waals surface area (Å²) in [6.07, 6.45) is 17.3. The third kappa shape index (κ3) is 5.50.